The molecule has 2 N–H and O–H groups in total. The van der Waals surface area contributed by atoms with Gasteiger partial charge in [-0.05, 0) is 35.9 Å². The van der Waals surface area contributed by atoms with Crippen LogP contribution in [0.15, 0.2) is 24.8 Å². The number of anilines is 2. The smallest absolute Gasteiger partial charge is 0.267 e. The molecule has 31 heavy (non-hydrogen) atoms. The molecule has 13 heteroatoms. The third-order valence-corrected chi connectivity index (χ3v) is 6.37. The molecule has 162 valence electrons. The van der Waals surface area contributed by atoms with Crippen molar-refractivity contribution in [2.75, 3.05) is 10.6 Å². The highest BCUT2D eigenvalue weighted by Crippen LogP contribution is 2.43. The summed E-state index contributed by atoms with van der Waals surface area (Å²) in [5.74, 6) is -0.779. The van der Waals surface area contributed by atoms with Crippen LogP contribution in [0.2, 0.25) is 0 Å². The second-order valence-electron chi connectivity index (χ2n) is 6.92. The summed E-state index contributed by atoms with van der Waals surface area (Å²) in [6.07, 6.45) is 3.56. The predicted octanol–water partition coefficient (Wildman–Crippen LogP) is 5.00. The van der Waals surface area contributed by atoms with E-state index in [-0.39, 0.29) is 40.7 Å². The van der Waals surface area contributed by atoms with Gasteiger partial charge in [-0.25, -0.2) is 22.6 Å². The van der Waals surface area contributed by atoms with E-state index in [0.29, 0.717) is 17.4 Å². The quantitative estimate of drug-likeness (QED) is 0.188. The van der Waals surface area contributed by atoms with Gasteiger partial charge in [0.25, 0.3) is 6.43 Å². The van der Waals surface area contributed by atoms with Gasteiger partial charge in [-0.3, -0.25) is 9.78 Å². The van der Waals surface area contributed by atoms with E-state index in [1.54, 1.807) is 24.5 Å². The fraction of sp³-hybridized carbons (Fsp3) is 0.222. The number of halogens is 4. The van der Waals surface area contributed by atoms with E-state index < -0.39 is 17.8 Å². The number of nitrogens with zero attached hydrogens (tertiary/aromatic N) is 5. The number of carbonyl (C=O) groups excluding carboxylic acids is 1. The van der Waals surface area contributed by atoms with Crippen molar-refractivity contribution in [3.05, 3.63) is 36.2 Å². The average Bonchev–Trinajstić information content (AvgIpc) is 3.32. The number of carbonyl (C=O) groups is 1. The molecule has 0 saturated heterocycles. The van der Waals surface area contributed by atoms with Crippen LogP contribution in [0.3, 0.4) is 0 Å². The largest absolute Gasteiger partial charge is 0.379 e. The molecule has 1 amide bonds. The number of nitrogens with one attached hydrogen (secondary N) is 2. The molecule has 3 heterocycles. The summed E-state index contributed by atoms with van der Waals surface area (Å²) in [5, 5.41) is 10.1. The summed E-state index contributed by atoms with van der Waals surface area (Å²) >= 11 is 2.11. The summed E-state index contributed by atoms with van der Waals surface area (Å²) in [7, 11) is 0. The van der Waals surface area contributed by atoms with Gasteiger partial charge in [0, 0.05) is 29.4 Å². The lowest BCUT2D eigenvalue weighted by molar-refractivity contribution is -0.105. The molecule has 0 bridgehead atoms. The number of aromatic nitrogens is 5. The van der Waals surface area contributed by atoms with Gasteiger partial charge in [-0.1, -0.05) is 0 Å². The van der Waals surface area contributed by atoms with Crippen LogP contribution in [0.1, 0.15) is 25.8 Å². The number of imidazole rings is 1. The van der Waals surface area contributed by atoms with Crippen LogP contribution in [-0.4, -0.2) is 36.4 Å². The second kappa shape index (κ2) is 8.58. The highest BCUT2D eigenvalue weighted by Gasteiger charge is 2.29. The molecule has 3 aromatic heterocycles. The molecule has 0 spiro atoms. The molecule has 0 aliphatic rings. The van der Waals surface area contributed by atoms with Crippen molar-refractivity contribution in [3.8, 4) is 11.3 Å². The monoisotopic (exact) mass is 561 g/mol. The van der Waals surface area contributed by atoms with E-state index in [4.69, 9.17) is 0 Å². The van der Waals surface area contributed by atoms with Crippen molar-refractivity contribution < 1.29 is 18.0 Å². The van der Waals surface area contributed by atoms with Gasteiger partial charge in [0.1, 0.15) is 5.52 Å². The summed E-state index contributed by atoms with van der Waals surface area (Å²) in [5.41, 5.74) is -0.0484. The third kappa shape index (κ3) is 3.93. The molecule has 1 aromatic carbocycles. The van der Waals surface area contributed by atoms with Crippen LogP contribution in [-0.2, 0) is 4.79 Å². The van der Waals surface area contributed by atoms with E-state index in [0.717, 1.165) is 0 Å². The lowest BCUT2D eigenvalue weighted by Gasteiger charge is -2.17. The van der Waals surface area contributed by atoms with Gasteiger partial charge in [0.15, 0.2) is 17.3 Å². The van der Waals surface area contributed by atoms with Crippen LogP contribution >= 0.6 is 28.4 Å². The highest BCUT2D eigenvalue weighted by molar-refractivity contribution is 14.2. The Morgan fingerprint density at radius 2 is 2.03 bits per heavy atom. The van der Waals surface area contributed by atoms with Crippen molar-refractivity contribution in [2.24, 2.45) is 0 Å². The number of hydrogen-bond acceptors (Lipinski definition) is 5. The van der Waals surface area contributed by atoms with E-state index >= 15 is 4.39 Å². The van der Waals surface area contributed by atoms with Gasteiger partial charge >= 0.3 is 0 Å². The molecule has 8 nitrogen and oxygen atoms in total. The first kappa shape index (κ1) is 21.8. The Kier molecular flexibility index (Phi) is 6.02. The first-order valence-corrected chi connectivity index (χ1v) is 13.1. The van der Waals surface area contributed by atoms with E-state index in [9.17, 15) is 13.6 Å². The van der Waals surface area contributed by atoms with E-state index in [1.165, 1.54) is 23.0 Å². The fourth-order valence-electron chi connectivity index (χ4n) is 3.34. The van der Waals surface area contributed by atoms with E-state index in [2.05, 4.69) is 47.7 Å². The minimum absolute atomic E-state index is 0.0294. The molecule has 4 aromatic rings. The SMILES string of the molecule is CC(C)Nc1c(F)c(C(F)F)c(-c2cn3cc(NC=O)nc3cn2)c2cn(PI)nc12. The Hall–Kier alpha value is -2.47. The van der Waals surface area contributed by atoms with E-state index in [1.807, 2.05) is 0 Å². The van der Waals surface area contributed by atoms with Gasteiger partial charge in [0.2, 0.25) is 6.41 Å². The zero-order chi connectivity index (χ0) is 22.3. The van der Waals surface area contributed by atoms with Crippen molar-refractivity contribution in [2.45, 2.75) is 26.3 Å². The molecule has 1 atom stereocenters. The lowest BCUT2D eigenvalue weighted by Crippen LogP contribution is -2.13. The van der Waals surface area contributed by atoms with Crippen LogP contribution in [0.5, 0.6) is 0 Å². The first-order chi connectivity index (χ1) is 14.8. The summed E-state index contributed by atoms with van der Waals surface area (Å²) < 4.78 is 46.8. The molecule has 0 aliphatic carbocycles. The number of fused-ring (bicyclic) bond motifs is 2. The minimum Gasteiger partial charge on any atom is -0.379 e. The number of hydrogen-bond donors (Lipinski definition) is 2. The molecule has 4 rings (SSSR count). The maximum atomic E-state index is 15.4. The average molecular weight is 561 g/mol. The number of rotatable bonds is 7. The zero-order valence-electron chi connectivity index (χ0n) is 16.2. The summed E-state index contributed by atoms with van der Waals surface area (Å²) in [4.78, 5) is 19.1. The summed E-state index contributed by atoms with van der Waals surface area (Å²) in [6.45, 7) is 3.58. The fourth-order valence-corrected chi connectivity index (χ4v) is 4.39. The Morgan fingerprint density at radius 3 is 2.68 bits per heavy atom. The molecule has 0 fully saturated rings. The van der Waals surface area contributed by atoms with Gasteiger partial charge in [-0.15, -0.1) is 0 Å². The molecular weight excluding hydrogens is 545 g/mol. The molecule has 0 radical (unpaired) electrons. The zero-order valence-corrected chi connectivity index (χ0v) is 19.4. The topological polar surface area (TPSA) is 89.1 Å². The number of benzene rings is 1. The van der Waals surface area contributed by atoms with Crippen LogP contribution < -0.4 is 10.6 Å². The molecule has 0 saturated carbocycles. The van der Waals surface area contributed by atoms with Crippen LogP contribution in [0.4, 0.5) is 24.7 Å². The highest BCUT2D eigenvalue weighted by atomic mass is 127. The van der Waals surface area contributed by atoms with Crippen LogP contribution in [0.25, 0.3) is 27.8 Å². The van der Waals surface area contributed by atoms with Gasteiger partial charge in [0.05, 0.1) is 35.7 Å². The maximum Gasteiger partial charge on any atom is 0.267 e. The summed E-state index contributed by atoms with van der Waals surface area (Å²) in [6, 6.07) is -0.189. The maximum absolute atomic E-state index is 15.4. The Balaban J connectivity index is 2.04. The Bertz CT molecular complexity index is 1290. The lowest BCUT2D eigenvalue weighted by atomic mass is 9.98. The Morgan fingerprint density at radius 1 is 1.26 bits per heavy atom. The first-order valence-electron chi connectivity index (χ1n) is 9.05. The van der Waals surface area contributed by atoms with Crippen molar-refractivity contribution in [1.82, 2.24) is 23.9 Å². The number of alkyl halides is 2. The second-order valence-corrected chi connectivity index (χ2v) is 9.00. The van der Waals surface area contributed by atoms with Crippen LogP contribution in [0, 0.1) is 5.82 Å². The predicted molar refractivity (Wildman–Crippen MR) is 123 cm³/mol. The Labute approximate surface area is 188 Å². The third-order valence-electron chi connectivity index (χ3n) is 4.49. The van der Waals surface area contributed by atoms with Crippen molar-refractivity contribution in [3.63, 3.8) is 0 Å². The molecule has 0 aliphatic heterocycles. The normalized spacial score (nSPS) is 12.1. The minimum atomic E-state index is -3.08. The molecular formula is C18H16F3IN7OP. The molecule has 1 unspecified atom stereocenters. The number of amides is 1. The van der Waals surface area contributed by atoms with Gasteiger partial charge in [-0.2, -0.15) is 5.10 Å². The van der Waals surface area contributed by atoms with Crippen molar-refractivity contribution in [1.29, 1.82) is 0 Å². The van der Waals surface area contributed by atoms with Crippen molar-refractivity contribution >= 4 is 62.9 Å². The van der Waals surface area contributed by atoms with Gasteiger partial charge < -0.3 is 15.0 Å². The standard InChI is InChI=1S/C18H16F3IN7OP/c1-8(2)25-17-15(19)14(18(20)21)13(9-4-29(31-22)27-16(9)17)10-5-28-6-11(24-7-30)26-12(28)3-23-10/h3-8,18,25,31H,1-2H3,(H,24,30).